The molecule has 4 heteroatoms. The summed E-state index contributed by atoms with van der Waals surface area (Å²) in [6.07, 6.45) is 1.29. The second-order valence-electron chi connectivity index (χ2n) is 3.14. The molecule has 1 aromatic heterocycles. The van der Waals surface area contributed by atoms with Crippen LogP contribution in [0.1, 0.15) is 24.2 Å². The largest absolute Gasteiger partial charge is 0.492 e. The van der Waals surface area contributed by atoms with E-state index < -0.39 is 0 Å². The summed E-state index contributed by atoms with van der Waals surface area (Å²) in [7, 11) is 0. The van der Waals surface area contributed by atoms with E-state index in [0.717, 1.165) is 23.6 Å². The molecule has 1 rings (SSSR count). The van der Waals surface area contributed by atoms with Crippen LogP contribution in [0.3, 0.4) is 0 Å². The van der Waals surface area contributed by atoms with Gasteiger partial charge in [-0.3, -0.25) is 4.98 Å². The van der Waals surface area contributed by atoms with Gasteiger partial charge >= 0.3 is 0 Å². The number of nitriles is 1. The summed E-state index contributed by atoms with van der Waals surface area (Å²) in [5.41, 5.74) is 1.89. The standard InChI is InChI=1S/C11H13BrN2O/c1-9-4-5-11(10(8-12)14-9)15-7-3-2-6-13/h4-5H,2-3,7-8H2,1H3. The van der Waals surface area contributed by atoms with E-state index in [1.165, 1.54) is 0 Å². The lowest BCUT2D eigenvalue weighted by Gasteiger charge is -2.08. The van der Waals surface area contributed by atoms with Gasteiger partial charge in [0, 0.05) is 17.4 Å². The molecule has 3 nitrogen and oxygen atoms in total. The maximum absolute atomic E-state index is 8.38. The molecule has 0 unspecified atom stereocenters. The van der Waals surface area contributed by atoms with Gasteiger partial charge in [-0.25, -0.2) is 0 Å². The molecule has 0 bridgehead atoms. The van der Waals surface area contributed by atoms with Gasteiger partial charge in [-0.2, -0.15) is 5.26 Å². The quantitative estimate of drug-likeness (QED) is 0.609. The van der Waals surface area contributed by atoms with Gasteiger partial charge in [-0.05, 0) is 25.5 Å². The van der Waals surface area contributed by atoms with E-state index in [-0.39, 0.29) is 0 Å². The predicted octanol–water partition coefficient (Wildman–Crippen LogP) is 2.97. The number of aryl methyl sites for hydroxylation is 1. The Balaban J connectivity index is 2.57. The first-order valence-electron chi connectivity index (χ1n) is 4.80. The number of halogens is 1. The number of aromatic nitrogens is 1. The van der Waals surface area contributed by atoms with Crippen LogP contribution >= 0.6 is 15.9 Å². The van der Waals surface area contributed by atoms with E-state index in [1.807, 2.05) is 19.1 Å². The maximum Gasteiger partial charge on any atom is 0.141 e. The minimum Gasteiger partial charge on any atom is -0.492 e. The molecule has 0 aliphatic carbocycles. The summed E-state index contributed by atoms with van der Waals surface area (Å²) < 4.78 is 5.54. The number of rotatable bonds is 5. The molecule has 0 amide bonds. The van der Waals surface area contributed by atoms with Crippen molar-refractivity contribution in [1.29, 1.82) is 5.26 Å². The molecule has 1 aromatic rings. The smallest absolute Gasteiger partial charge is 0.141 e. The molecular formula is C11H13BrN2O. The lowest BCUT2D eigenvalue weighted by molar-refractivity contribution is 0.309. The van der Waals surface area contributed by atoms with Crippen LogP contribution in [-0.2, 0) is 5.33 Å². The van der Waals surface area contributed by atoms with Crippen LogP contribution < -0.4 is 4.74 Å². The summed E-state index contributed by atoms with van der Waals surface area (Å²) in [5.74, 6) is 0.801. The molecule has 0 N–H and O–H groups in total. The van der Waals surface area contributed by atoms with Crippen molar-refractivity contribution < 1.29 is 4.74 Å². The molecule has 0 saturated carbocycles. The van der Waals surface area contributed by atoms with E-state index in [4.69, 9.17) is 10.00 Å². The third kappa shape index (κ3) is 3.88. The zero-order valence-electron chi connectivity index (χ0n) is 8.66. The van der Waals surface area contributed by atoms with Gasteiger partial charge < -0.3 is 4.74 Å². The molecule has 1 heterocycles. The Morgan fingerprint density at radius 2 is 2.33 bits per heavy atom. The van der Waals surface area contributed by atoms with Gasteiger partial charge in [0.05, 0.1) is 18.4 Å². The fourth-order valence-corrected chi connectivity index (χ4v) is 1.56. The van der Waals surface area contributed by atoms with Crippen LogP contribution in [0.15, 0.2) is 12.1 Å². The van der Waals surface area contributed by atoms with Crippen LogP contribution in [0.25, 0.3) is 0 Å². The molecule has 0 saturated heterocycles. The average Bonchev–Trinajstić information content (AvgIpc) is 2.26. The molecule has 0 radical (unpaired) electrons. The topological polar surface area (TPSA) is 45.9 Å². The maximum atomic E-state index is 8.38. The van der Waals surface area contributed by atoms with Crippen molar-refractivity contribution in [3.8, 4) is 11.8 Å². The first kappa shape index (κ1) is 12.0. The van der Waals surface area contributed by atoms with Gasteiger partial charge in [0.15, 0.2) is 0 Å². The van der Waals surface area contributed by atoms with E-state index in [2.05, 4.69) is 27.0 Å². The van der Waals surface area contributed by atoms with Gasteiger partial charge in [0.1, 0.15) is 5.75 Å². The Bertz CT molecular complexity index is 360. The predicted molar refractivity (Wildman–Crippen MR) is 61.9 cm³/mol. The monoisotopic (exact) mass is 268 g/mol. The number of ether oxygens (including phenoxy) is 1. The molecule has 0 aliphatic rings. The summed E-state index contributed by atoms with van der Waals surface area (Å²) in [6.45, 7) is 2.52. The lowest BCUT2D eigenvalue weighted by atomic mass is 10.3. The number of hydrogen-bond donors (Lipinski definition) is 0. The van der Waals surface area contributed by atoms with Crippen LogP contribution in [0.2, 0.25) is 0 Å². The first-order chi connectivity index (χ1) is 7.27. The van der Waals surface area contributed by atoms with Gasteiger partial charge in [-0.1, -0.05) is 15.9 Å². The van der Waals surface area contributed by atoms with Gasteiger partial charge in [0.25, 0.3) is 0 Å². The molecule has 0 aromatic carbocycles. The molecule has 15 heavy (non-hydrogen) atoms. The van der Waals surface area contributed by atoms with Crippen molar-refractivity contribution in [2.24, 2.45) is 0 Å². The minimum atomic E-state index is 0.531. The van der Waals surface area contributed by atoms with Crippen molar-refractivity contribution in [1.82, 2.24) is 4.98 Å². The Morgan fingerprint density at radius 1 is 1.53 bits per heavy atom. The summed E-state index contributed by atoms with van der Waals surface area (Å²) >= 11 is 3.37. The molecular weight excluding hydrogens is 256 g/mol. The highest BCUT2D eigenvalue weighted by Gasteiger charge is 2.03. The van der Waals surface area contributed by atoms with Crippen LogP contribution in [0, 0.1) is 18.3 Å². The first-order valence-corrected chi connectivity index (χ1v) is 5.92. The Morgan fingerprint density at radius 3 is 3.00 bits per heavy atom. The van der Waals surface area contributed by atoms with E-state index >= 15 is 0 Å². The highest BCUT2D eigenvalue weighted by atomic mass is 79.9. The van der Waals surface area contributed by atoms with Crippen molar-refractivity contribution >= 4 is 15.9 Å². The Labute approximate surface area is 98.2 Å². The number of alkyl halides is 1. The van der Waals surface area contributed by atoms with Gasteiger partial charge in [-0.15, -0.1) is 0 Å². The van der Waals surface area contributed by atoms with Crippen molar-refractivity contribution in [3.63, 3.8) is 0 Å². The Kier molecular flexibility index (Phi) is 5.13. The van der Waals surface area contributed by atoms with Crippen molar-refractivity contribution in [2.45, 2.75) is 25.1 Å². The zero-order valence-corrected chi connectivity index (χ0v) is 10.2. The number of unbranched alkanes of at least 4 members (excludes halogenated alkanes) is 1. The average molecular weight is 269 g/mol. The fraction of sp³-hybridized carbons (Fsp3) is 0.455. The highest BCUT2D eigenvalue weighted by molar-refractivity contribution is 9.08. The molecule has 0 fully saturated rings. The summed E-state index contributed by atoms with van der Waals surface area (Å²) in [6, 6.07) is 5.93. The second kappa shape index (κ2) is 6.41. The minimum absolute atomic E-state index is 0.531. The van der Waals surface area contributed by atoms with Crippen molar-refractivity contribution in [3.05, 3.63) is 23.5 Å². The third-order valence-electron chi connectivity index (χ3n) is 1.89. The number of hydrogen-bond acceptors (Lipinski definition) is 3. The molecule has 80 valence electrons. The third-order valence-corrected chi connectivity index (χ3v) is 2.42. The molecule has 0 aliphatic heterocycles. The van der Waals surface area contributed by atoms with Crippen LogP contribution in [0.4, 0.5) is 0 Å². The van der Waals surface area contributed by atoms with E-state index in [9.17, 15) is 0 Å². The molecule has 0 atom stereocenters. The summed E-state index contributed by atoms with van der Waals surface area (Å²) in [4.78, 5) is 4.35. The lowest BCUT2D eigenvalue weighted by Crippen LogP contribution is -2.01. The summed E-state index contributed by atoms with van der Waals surface area (Å²) in [5, 5.41) is 9.06. The SMILES string of the molecule is Cc1ccc(OCCCC#N)c(CBr)n1. The zero-order chi connectivity index (χ0) is 11.1. The van der Waals surface area contributed by atoms with Gasteiger partial charge in [0.2, 0.25) is 0 Å². The number of pyridine rings is 1. The van der Waals surface area contributed by atoms with Crippen LogP contribution in [0.5, 0.6) is 5.75 Å². The fourth-order valence-electron chi connectivity index (χ4n) is 1.16. The second-order valence-corrected chi connectivity index (χ2v) is 3.70. The van der Waals surface area contributed by atoms with Crippen LogP contribution in [-0.4, -0.2) is 11.6 Å². The number of nitrogens with zero attached hydrogens (tertiary/aromatic N) is 2. The normalized spacial score (nSPS) is 9.67. The van der Waals surface area contributed by atoms with E-state index in [1.54, 1.807) is 0 Å². The molecule has 0 spiro atoms. The van der Waals surface area contributed by atoms with Crippen molar-refractivity contribution in [2.75, 3.05) is 6.61 Å². The van der Waals surface area contributed by atoms with E-state index in [0.29, 0.717) is 18.4 Å². The highest BCUT2D eigenvalue weighted by Crippen LogP contribution is 2.19. The Hall–Kier alpha value is -1.08.